The Morgan fingerprint density at radius 3 is 1.93 bits per heavy atom. The van der Waals surface area contributed by atoms with Crippen LogP contribution in [0.4, 0.5) is 0 Å². The van der Waals surface area contributed by atoms with Crippen LogP contribution in [0, 0.1) is 0 Å². The molecule has 27 heavy (non-hydrogen) atoms. The summed E-state index contributed by atoms with van der Waals surface area (Å²) < 4.78 is 8.93. The summed E-state index contributed by atoms with van der Waals surface area (Å²) in [5.41, 5.74) is 11.2. The topological polar surface area (TPSA) is 163 Å². The van der Waals surface area contributed by atoms with Crippen molar-refractivity contribution in [2.45, 2.75) is 31.3 Å². The van der Waals surface area contributed by atoms with E-state index in [9.17, 15) is 19.2 Å². The molecule has 0 radical (unpaired) electrons. The van der Waals surface area contributed by atoms with Gasteiger partial charge in [0.05, 0.1) is 33.1 Å². The molecular formula is C15H28N4O6S2. The summed E-state index contributed by atoms with van der Waals surface area (Å²) in [6.45, 7) is 0.887. The van der Waals surface area contributed by atoms with Crippen LogP contribution in [0.25, 0.3) is 0 Å². The van der Waals surface area contributed by atoms with Gasteiger partial charge in [0.1, 0.15) is 0 Å². The van der Waals surface area contributed by atoms with Gasteiger partial charge in [0, 0.05) is 37.1 Å². The van der Waals surface area contributed by atoms with E-state index < -0.39 is 29.9 Å². The second-order valence-electron chi connectivity index (χ2n) is 5.42. The van der Waals surface area contributed by atoms with Gasteiger partial charge in [0.2, 0.25) is 11.8 Å². The molecule has 0 aromatic heterocycles. The second kappa shape index (κ2) is 15.5. The molecule has 0 aliphatic carbocycles. The Bertz CT molecular complexity index is 495. The Labute approximate surface area is 166 Å². The van der Waals surface area contributed by atoms with Crippen LogP contribution in [-0.2, 0) is 28.7 Å². The summed E-state index contributed by atoms with van der Waals surface area (Å²) in [5, 5.41) is 5.35. The molecule has 0 rings (SSSR count). The van der Waals surface area contributed by atoms with E-state index in [1.165, 1.54) is 25.0 Å². The van der Waals surface area contributed by atoms with Gasteiger partial charge in [0.15, 0.2) is 0 Å². The van der Waals surface area contributed by atoms with Crippen LogP contribution in [0.2, 0.25) is 0 Å². The first-order valence-corrected chi connectivity index (χ1v) is 10.7. The maximum absolute atomic E-state index is 11.6. The summed E-state index contributed by atoms with van der Waals surface area (Å²) in [7, 11) is 5.58. The highest BCUT2D eigenvalue weighted by atomic mass is 33.1. The fourth-order valence-corrected chi connectivity index (χ4v) is 3.55. The summed E-state index contributed by atoms with van der Waals surface area (Å²) in [4.78, 5) is 45.3. The Kier molecular flexibility index (Phi) is 14.7. The molecule has 0 saturated heterocycles. The molecule has 0 aromatic carbocycles. The van der Waals surface area contributed by atoms with Gasteiger partial charge in [-0.1, -0.05) is 21.6 Å². The summed E-state index contributed by atoms with van der Waals surface area (Å²) in [6.07, 6.45) is -0.0957. The molecule has 156 valence electrons. The van der Waals surface area contributed by atoms with Crippen molar-refractivity contribution in [3.05, 3.63) is 0 Å². The van der Waals surface area contributed by atoms with Crippen molar-refractivity contribution in [2.24, 2.45) is 11.5 Å². The molecule has 2 unspecified atom stereocenters. The third-order valence-corrected chi connectivity index (χ3v) is 5.54. The first-order chi connectivity index (χ1) is 12.8. The number of hydrogen-bond acceptors (Lipinski definition) is 10. The minimum atomic E-state index is -0.920. The molecule has 6 N–H and O–H groups in total. The summed E-state index contributed by atoms with van der Waals surface area (Å²) in [6, 6.07) is -1.48. The molecule has 12 heteroatoms. The SMILES string of the molecule is COC(=O)CC(N)CC(=O)NCCSSCCNC(=O)C(N)CC(=O)OC. The van der Waals surface area contributed by atoms with Crippen molar-refractivity contribution in [2.75, 3.05) is 38.8 Å². The molecule has 0 fully saturated rings. The van der Waals surface area contributed by atoms with Gasteiger partial charge < -0.3 is 31.6 Å². The van der Waals surface area contributed by atoms with E-state index >= 15 is 0 Å². The molecule has 0 heterocycles. The van der Waals surface area contributed by atoms with Crippen molar-refractivity contribution in [3.63, 3.8) is 0 Å². The van der Waals surface area contributed by atoms with Gasteiger partial charge in [-0.05, 0) is 0 Å². The zero-order valence-corrected chi connectivity index (χ0v) is 17.2. The fraction of sp³-hybridized carbons (Fsp3) is 0.733. The van der Waals surface area contributed by atoms with E-state index in [1.807, 2.05) is 0 Å². The number of nitrogens with one attached hydrogen (secondary N) is 2. The highest BCUT2D eigenvalue weighted by molar-refractivity contribution is 8.76. The third kappa shape index (κ3) is 14.3. The number of carbonyl (C=O) groups excluding carboxylic acids is 4. The first-order valence-electron chi connectivity index (χ1n) is 8.23. The van der Waals surface area contributed by atoms with Crippen molar-refractivity contribution in [1.82, 2.24) is 10.6 Å². The zero-order chi connectivity index (χ0) is 20.7. The van der Waals surface area contributed by atoms with Gasteiger partial charge in [0.25, 0.3) is 0 Å². The highest BCUT2D eigenvalue weighted by Gasteiger charge is 2.17. The Morgan fingerprint density at radius 1 is 0.852 bits per heavy atom. The molecule has 0 aliphatic heterocycles. The van der Waals surface area contributed by atoms with E-state index in [1.54, 1.807) is 10.8 Å². The second-order valence-corrected chi connectivity index (χ2v) is 8.12. The number of amides is 2. The summed E-state index contributed by atoms with van der Waals surface area (Å²) in [5.74, 6) is -0.264. The van der Waals surface area contributed by atoms with Crippen LogP contribution in [0.3, 0.4) is 0 Å². The van der Waals surface area contributed by atoms with Crippen LogP contribution in [0.15, 0.2) is 0 Å². The van der Waals surface area contributed by atoms with Crippen LogP contribution in [0.5, 0.6) is 0 Å². The summed E-state index contributed by atoms with van der Waals surface area (Å²) >= 11 is 0. The Hall–Kier alpha value is -1.50. The lowest BCUT2D eigenvalue weighted by molar-refractivity contribution is -0.143. The fourth-order valence-electron chi connectivity index (χ4n) is 1.73. The van der Waals surface area contributed by atoms with Crippen LogP contribution in [0.1, 0.15) is 19.3 Å². The minimum absolute atomic E-state index is 0.00350. The van der Waals surface area contributed by atoms with Crippen molar-refractivity contribution in [3.8, 4) is 0 Å². The lowest BCUT2D eigenvalue weighted by Crippen LogP contribution is -2.42. The molecule has 10 nitrogen and oxygen atoms in total. The Balaban J connectivity index is 3.61. The Morgan fingerprint density at radius 2 is 1.37 bits per heavy atom. The van der Waals surface area contributed by atoms with Gasteiger partial charge >= 0.3 is 11.9 Å². The smallest absolute Gasteiger partial charge is 0.307 e. The molecule has 0 bridgehead atoms. The average molecular weight is 425 g/mol. The largest absolute Gasteiger partial charge is 0.469 e. The lowest BCUT2D eigenvalue weighted by Gasteiger charge is -2.11. The standard InChI is InChI=1S/C15H28N4O6S2/c1-24-13(21)8-10(16)7-12(20)18-3-5-26-27-6-4-19-15(23)11(17)9-14(22)25-2/h10-11H,3-9,16-17H2,1-2H3,(H,18,20)(H,19,23). The number of hydrogen-bond donors (Lipinski definition) is 4. The van der Waals surface area contributed by atoms with Gasteiger partial charge in [-0.2, -0.15) is 0 Å². The number of esters is 2. The van der Waals surface area contributed by atoms with Crippen LogP contribution < -0.4 is 22.1 Å². The monoisotopic (exact) mass is 424 g/mol. The predicted octanol–water partition coefficient (Wildman–Crippen LogP) is -1.23. The molecule has 0 aliphatic rings. The molecular weight excluding hydrogens is 396 g/mol. The first kappa shape index (κ1) is 25.5. The number of carbonyl (C=O) groups is 4. The van der Waals surface area contributed by atoms with Crippen molar-refractivity contribution < 1.29 is 28.7 Å². The molecule has 0 saturated carbocycles. The highest BCUT2D eigenvalue weighted by Crippen LogP contribution is 2.19. The van der Waals surface area contributed by atoms with Gasteiger partial charge in [-0.3, -0.25) is 19.2 Å². The van der Waals surface area contributed by atoms with E-state index in [0.29, 0.717) is 24.6 Å². The molecule has 0 aromatic rings. The number of rotatable bonds is 14. The van der Waals surface area contributed by atoms with Crippen LogP contribution >= 0.6 is 21.6 Å². The molecule has 2 atom stereocenters. The molecule has 0 spiro atoms. The third-order valence-electron chi connectivity index (χ3n) is 3.13. The van der Waals surface area contributed by atoms with Crippen molar-refractivity contribution >= 4 is 45.3 Å². The predicted molar refractivity (Wildman–Crippen MR) is 105 cm³/mol. The lowest BCUT2D eigenvalue weighted by atomic mass is 10.1. The van der Waals surface area contributed by atoms with Gasteiger partial charge in [-0.15, -0.1) is 0 Å². The average Bonchev–Trinajstić information content (AvgIpc) is 2.62. The maximum Gasteiger partial charge on any atom is 0.307 e. The van der Waals surface area contributed by atoms with Crippen LogP contribution in [-0.4, -0.2) is 74.7 Å². The van der Waals surface area contributed by atoms with Crippen molar-refractivity contribution in [1.29, 1.82) is 0 Å². The minimum Gasteiger partial charge on any atom is -0.469 e. The normalized spacial score (nSPS) is 12.6. The van der Waals surface area contributed by atoms with E-state index in [4.69, 9.17) is 11.5 Å². The maximum atomic E-state index is 11.6. The number of methoxy groups -OCH3 is 2. The number of nitrogens with two attached hydrogens (primary N) is 2. The number of ether oxygens (including phenoxy) is 2. The van der Waals surface area contributed by atoms with E-state index in [-0.39, 0.29) is 25.2 Å². The van der Waals surface area contributed by atoms with E-state index in [0.717, 1.165) is 0 Å². The van der Waals surface area contributed by atoms with Gasteiger partial charge in [-0.25, -0.2) is 0 Å². The van der Waals surface area contributed by atoms with E-state index in [2.05, 4.69) is 20.1 Å². The zero-order valence-electron chi connectivity index (χ0n) is 15.5. The molecule has 2 amide bonds. The quantitative estimate of drug-likeness (QED) is 0.151.